The Labute approximate surface area is 101 Å². The van der Waals surface area contributed by atoms with E-state index in [1.54, 1.807) is 0 Å². The molecule has 2 aromatic rings. The molecule has 0 saturated heterocycles. The molecule has 1 aliphatic rings. The zero-order valence-electron chi connectivity index (χ0n) is 9.60. The van der Waals surface area contributed by atoms with E-state index in [9.17, 15) is 0 Å². The molecule has 0 heterocycles. The lowest BCUT2D eigenvalue weighted by atomic mass is 10.3. The number of benzene rings is 2. The molecule has 2 heteroatoms. The molecule has 1 aliphatic carbocycles. The van der Waals surface area contributed by atoms with Crippen LogP contribution >= 0.6 is 0 Å². The van der Waals surface area contributed by atoms with E-state index in [2.05, 4.69) is 17.4 Å². The molecule has 0 unspecified atom stereocenters. The number of rotatable bonds is 4. The molecule has 1 saturated carbocycles. The highest BCUT2D eigenvalue weighted by Crippen LogP contribution is 2.27. The maximum absolute atomic E-state index is 5.73. The van der Waals surface area contributed by atoms with Gasteiger partial charge in [0.2, 0.25) is 0 Å². The summed E-state index contributed by atoms with van der Waals surface area (Å²) in [6.45, 7) is 0. The Hall–Kier alpha value is -1.96. The lowest BCUT2D eigenvalue weighted by molar-refractivity contribution is 0.483. The smallest absolute Gasteiger partial charge is 0.127 e. The van der Waals surface area contributed by atoms with Gasteiger partial charge in [-0.15, -0.1) is 0 Å². The molecule has 0 aliphatic heterocycles. The summed E-state index contributed by atoms with van der Waals surface area (Å²) >= 11 is 0. The van der Waals surface area contributed by atoms with E-state index in [-0.39, 0.29) is 0 Å². The molecule has 2 aromatic carbocycles. The molecule has 1 N–H and O–H groups in total. The fourth-order valence-electron chi connectivity index (χ4n) is 1.71. The predicted octanol–water partition coefficient (Wildman–Crippen LogP) is 4.05. The highest BCUT2D eigenvalue weighted by molar-refractivity contribution is 5.48. The lowest BCUT2D eigenvalue weighted by Gasteiger charge is -2.07. The summed E-state index contributed by atoms with van der Waals surface area (Å²) in [6, 6.07) is 18.7. The van der Waals surface area contributed by atoms with Crippen LogP contribution in [-0.2, 0) is 0 Å². The summed E-state index contributed by atoms with van der Waals surface area (Å²) in [6.07, 6.45) is 2.59. The van der Waals surface area contributed by atoms with Crippen LogP contribution in [0.3, 0.4) is 0 Å². The van der Waals surface area contributed by atoms with Crippen LogP contribution in [0.4, 0.5) is 5.69 Å². The maximum atomic E-state index is 5.73. The van der Waals surface area contributed by atoms with E-state index in [0.29, 0.717) is 6.04 Å². The quantitative estimate of drug-likeness (QED) is 0.847. The van der Waals surface area contributed by atoms with Gasteiger partial charge in [-0.25, -0.2) is 0 Å². The van der Waals surface area contributed by atoms with Crippen LogP contribution in [-0.4, -0.2) is 6.04 Å². The van der Waals surface area contributed by atoms with Gasteiger partial charge in [0, 0.05) is 11.7 Å². The minimum Gasteiger partial charge on any atom is -0.457 e. The van der Waals surface area contributed by atoms with Crippen molar-refractivity contribution in [3.8, 4) is 11.5 Å². The first kappa shape index (κ1) is 10.2. The van der Waals surface area contributed by atoms with Crippen LogP contribution in [0.2, 0.25) is 0 Å². The van der Waals surface area contributed by atoms with Gasteiger partial charge >= 0.3 is 0 Å². The highest BCUT2D eigenvalue weighted by Gasteiger charge is 2.20. The molecular weight excluding hydrogens is 210 g/mol. The molecular formula is C15H15NO. The van der Waals surface area contributed by atoms with Gasteiger partial charge in [0.05, 0.1) is 0 Å². The third kappa shape index (κ3) is 2.78. The molecule has 3 rings (SSSR count). The molecule has 0 atom stereocenters. The Morgan fingerprint density at radius 2 is 1.47 bits per heavy atom. The van der Waals surface area contributed by atoms with Gasteiger partial charge in [-0.2, -0.15) is 0 Å². The number of ether oxygens (including phenoxy) is 1. The van der Waals surface area contributed by atoms with Crippen LogP contribution in [0.1, 0.15) is 12.8 Å². The monoisotopic (exact) mass is 225 g/mol. The van der Waals surface area contributed by atoms with Gasteiger partial charge in [0.1, 0.15) is 11.5 Å². The third-order valence-corrected chi connectivity index (χ3v) is 2.78. The van der Waals surface area contributed by atoms with Crippen molar-refractivity contribution in [2.45, 2.75) is 18.9 Å². The van der Waals surface area contributed by atoms with Crippen LogP contribution in [0.25, 0.3) is 0 Å². The Kier molecular flexibility index (Phi) is 2.70. The Bertz CT molecular complexity index is 474. The molecule has 0 radical (unpaired) electrons. The number of para-hydroxylation sites is 1. The molecule has 0 bridgehead atoms. The first-order valence-corrected chi connectivity index (χ1v) is 6.00. The van der Waals surface area contributed by atoms with Crippen molar-refractivity contribution in [2.75, 3.05) is 5.32 Å². The summed E-state index contributed by atoms with van der Waals surface area (Å²) in [5.41, 5.74) is 1.17. The van der Waals surface area contributed by atoms with Gasteiger partial charge in [-0.05, 0) is 49.2 Å². The van der Waals surface area contributed by atoms with Crippen LogP contribution in [0.15, 0.2) is 54.6 Å². The molecule has 0 aromatic heterocycles. The Morgan fingerprint density at radius 3 is 2.12 bits per heavy atom. The second-order valence-electron chi connectivity index (χ2n) is 4.36. The highest BCUT2D eigenvalue weighted by atomic mass is 16.5. The zero-order valence-corrected chi connectivity index (χ0v) is 9.60. The average Bonchev–Trinajstić information content (AvgIpc) is 3.17. The first-order chi connectivity index (χ1) is 8.40. The van der Waals surface area contributed by atoms with Crippen molar-refractivity contribution in [2.24, 2.45) is 0 Å². The summed E-state index contributed by atoms with van der Waals surface area (Å²) < 4.78 is 5.73. The van der Waals surface area contributed by atoms with Gasteiger partial charge < -0.3 is 10.1 Å². The topological polar surface area (TPSA) is 21.3 Å². The summed E-state index contributed by atoms with van der Waals surface area (Å²) in [4.78, 5) is 0. The largest absolute Gasteiger partial charge is 0.457 e. The summed E-state index contributed by atoms with van der Waals surface area (Å²) in [5, 5.41) is 3.45. The number of hydrogen-bond acceptors (Lipinski definition) is 2. The molecule has 0 spiro atoms. The van der Waals surface area contributed by atoms with E-state index in [1.165, 1.54) is 18.5 Å². The van der Waals surface area contributed by atoms with Crippen LogP contribution in [0, 0.1) is 0 Å². The normalized spacial score (nSPS) is 14.4. The summed E-state index contributed by atoms with van der Waals surface area (Å²) in [7, 11) is 0. The van der Waals surface area contributed by atoms with E-state index >= 15 is 0 Å². The van der Waals surface area contributed by atoms with E-state index in [0.717, 1.165) is 11.5 Å². The minimum absolute atomic E-state index is 0.691. The Balaban J connectivity index is 1.67. The van der Waals surface area contributed by atoms with Crippen molar-refractivity contribution in [1.29, 1.82) is 0 Å². The van der Waals surface area contributed by atoms with Gasteiger partial charge in [0.25, 0.3) is 0 Å². The van der Waals surface area contributed by atoms with E-state index in [1.807, 2.05) is 42.5 Å². The van der Waals surface area contributed by atoms with Crippen molar-refractivity contribution in [1.82, 2.24) is 0 Å². The number of nitrogens with one attached hydrogen (secondary N) is 1. The van der Waals surface area contributed by atoms with Gasteiger partial charge in [0.15, 0.2) is 0 Å². The lowest BCUT2D eigenvalue weighted by Crippen LogP contribution is -1.99. The first-order valence-electron chi connectivity index (χ1n) is 6.00. The van der Waals surface area contributed by atoms with Crippen LogP contribution < -0.4 is 10.1 Å². The summed E-state index contributed by atoms with van der Waals surface area (Å²) in [5.74, 6) is 1.74. The second kappa shape index (κ2) is 4.50. The SMILES string of the molecule is c1ccc(Oc2ccc(NC3CC3)cc2)cc1. The van der Waals surface area contributed by atoms with E-state index < -0.39 is 0 Å². The van der Waals surface area contributed by atoms with Crippen molar-refractivity contribution in [3.05, 3.63) is 54.6 Å². The average molecular weight is 225 g/mol. The predicted molar refractivity (Wildman–Crippen MR) is 69.6 cm³/mol. The Morgan fingerprint density at radius 1 is 0.824 bits per heavy atom. The molecule has 0 amide bonds. The molecule has 17 heavy (non-hydrogen) atoms. The maximum Gasteiger partial charge on any atom is 0.127 e. The third-order valence-electron chi connectivity index (χ3n) is 2.78. The standard InChI is InChI=1S/C15H15NO/c1-2-4-14(5-3-1)17-15-10-8-13(9-11-15)16-12-6-7-12/h1-5,8-12,16H,6-7H2. The van der Waals surface area contributed by atoms with E-state index in [4.69, 9.17) is 4.74 Å². The fraction of sp³-hybridized carbons (Fsp3) is 0.200. The zero-order chi connectivity index (χ0) is 11.5. The molecule has 86 valence electrons. The second-order valence-corrected chi connectivity index (χ2v) is 4.36. The number of anilines is 1. The van der Waals surface area contributed by atoms with Gasteiger partial charge in [-0.1, -0.05) is 18.2 Å². The van der Waals surface area contributed by atoms with Crippen molar-refractivity contribution in [3.63, 3.8) is 0 Å². The fourth-order valence-corrected chi connectivity index (χ4v) is 1.71. The number of hydrogen-bond donors (Lipinski definition) is 1. The molecule has 2 nitrogen and oxygen atoms in total. The van der Waals surface area contributed by atoms with Gasteiger partial charge in [-0.3, -0.25) is 0 Å². The van der Waals surface area contributed by atoms with Crippen molar-refractivity contribution >= 4 is 5.69 Å². The van der Waals surface area contributed by atoms with Crippen molar-refractivity contribution < 1.29 is 4.74 Å². The minimum atomic E-state index is 0.691. The molecule has 1 fully saturated rings. The van der Waals surface area contributed by atoms with Crippen LogP contribution in [0.5, 0.6) is 11.5 Å².